The number of amides is 1. The van der Waals surface area contributed by atoms with Crippen LogP contribution in [0, 0.1) is 0 Å². The zero-order valence-electron chi connectivity index (χ0n) is 9.90. The molecule has 3 nitrogen and oxygen atoms in total. The second kappa shape index (κ2) is 4.18. The Morgan fingerprint density at radius 3 is 2.94 bits per heavy atom. The molecular formula is C12H17NO2S. The van der Waals surface area contributed by atoms with E-state index < -0.39 is 0 Å². The summed E-state index contributed by atoms with van der Waals surface area (Å²) in [7, 11) is 0. The fourth-order valence-corrected chi connectivity index (χ4v) is 2.86. The first kappa shape index (κ1) is 11.6. The van der Waals surface area contributed by atoms with E-state index in [1.165, 1.54) is 11.3 Å². The highest BCUT2D eigenvalue weighted by Gasteiger charge is 2.34. The van der Waals surface area contributed by atoms with Gasteiger partial charge in [0.1, 0.15) is 0 Å². The Labute approximate surface area is 100 Å². The summed E-state index contributed by atoms with van der Waals surface area (Å²) in [5.41, 5.74) is -0.245. The summed E-state index contributed by atoms with van der Waals surface area (Å²) >= 11 is 1.49. The van der Waals surface area contributed by atoms with E-state index in [9.17, 15) is 4.79 Å². The predicted octanol–water partition coefficient (Wildman–Crippen LogP) is 2.39. The van der Waals surface area contributed by atoms with E-state index in [-0.39, 0.29) is 17.6 Å². The third kappa shape index (κ3) is 2.44. The smallest absolute Gasteiger partial charge is 0.264 e. The molecule has 2 heterocycles. The quantitative estimate of drug-likeness (QED) is 0.753. The Bertz CT molecular complexity index is 372. The summed E-state index contributed by atoms with van der Waals surface area (Å²) in [6.45, 7) is 7.40. The number of hydrogen-bond donors (Lipinski definition) is 0. The summed E-state index contributed by atoms with van der Waals surface area (Å²) in [5.74, 6) is 0.123. The van der Waals surface area contributed by atoms with E-state index >= 15 is 0 Å². The molecule has 1 unspecified atom stereocenters. The maximum atomic E-state index is 12.2. The summed E-state index contributed by atoms with van der Waals surface area (Å²) in [5, 5.41) is 1.93. The van der Waals surface area contributed by atoms with E-state index in [1.807, 2.05) is 43.2 Å². The number of thiophene rings is 1. The van der Waals surface area contributed by atoms with Gasteiger partial charge in [-0.2, -0.15) is 0 Å². The van der Waals surface area contributed by atoms with Crippen molar-refractivity contribution in [2.24, 2.45) is 0 Å². The Morgan fingerprint density at radius 1 is 1.62 bits per heavy atom. The van der Waals surface area contributed by atoms with Crippen LogP contribution in [0.3, 0.4) is 0 Å². The maximum absolute atomic E-state index is 12.2. The molecule has 16 heavy (non-hydrogen) atoms. The van der Waals surface area contributed by atoms with Gasteiger partial charge < -0.3 is 9.64 Å². The fourth-order valence-electron chi connectivity index (χ4n) is 2.16. The first-order valence-corrected chi connectivity index (χ1v) is 6.36. The van der Waals surface area contributed by atoms with E-state index in [0.29, 0.717) is 13.1 Å². The van der Waals surface area contributed by atoms with Crippen molar-refractivity contribution >= 4 is 17.2 Å². The summed E-state index contributed by atoms with van der Waals surface area (Å²) in [4.78, 5) is 14.9. The minimum Gasteiger partial charge on any atom is -0.369 e. The lowest BCUT2D eigenvalue weighted by atomic mass is 10.1. The molecule has 1 amide bonds. The van der Waals surface area contributed by atoms with Gasteiger partial charge in [0.05, 0.1) is 16.6 Å². The van der Waals surface area contributed by atoms with Crippen molar-refractivity contribution in [1.82, 2.24) is 4.90 Å². The van der Waals surface area contributed by atoms with E-state index in [1.54, 1.807) is 0 Å². The molecule has 0 saturated carbocycles. The molecule has 0 aliphatic carbocycles. The second-order valence-electron chi connectivity index (χ2n) is 4.85. The Kier molecular flexibility index (Phi) is 3.04. The zero-order valence-corrected chi connectivity index (χ0v) is 10.7. The average Bonchev–Trinajstić information content (AvgIpc) is 2.65. The lowest BCUT2D eigenvalue weighted by Crippen LogP contribution is -2.53. The van der Waals surface area contributed by atoms with E-state index in [0.717, 1.165) is 4.88 Å². The van der Waals surface area contributed by atoms with Crippen molar-refractivity contribution in [2.75, 3.05) is 13.1 Å². The molecule has 0 spiro atoms. The highest BCUT2D eigenvalue weighted by atomic mass is 32.1. The van der Waals surface area contributed by atoms with Crippen LogP contribution in [0.2, 0.25) is 0 Å². The molecule has 1 aliphatic heterocycles. The number of carbonyl (C=O) groups is 1. The van der Waals surface area contributed by atoms with E-state index in [4.69, 9.17) is 4.74 Å². The van der Waals surface area contributed by atoms with Crippen LogP contribution in [-0.2, 0) is 4.74 Å². The molecule has 1 atom stereocenters. The van der Waals surface area contributed by atoms with Crippen LogP contribution in [0.4, 0.5) is 0 Å². The van der Waals surface area contributed by atoms with Gasteiger partial charge >= 0.3 is 0 Å². The largest absolute Gasteiger partial charge is 0.369 e. The predicted molar refractivity (Wildman–Crippen MR) is 64.8 cm³/mol. The molecule has 1 aliphatic rings. The topological polar surface area (TPSA) is 29.5 Å². The van der Waals surface area contributed by atoms with Crippen molar-refractivity contribution in [3.63, 3.8) is 0 Å². The highest BCUT2D eigenvalue weighted by Crippen LogP contribution is 2.23. The number of hydrogen-bond acceptors (Lipinski definition) is 3. The van der Waals surface area contributed by atoms with Gasteiger partial charge in [-0.1, -0.05) is 6.07 Å². The van der Waals surface area contributed by atoms with Crippen molar-refractivity contribution in [3.05, 3.63) is 22.4 Å². The molecule has 88 valence electrons. The lowest BCUT2D eigenvalue weighted by molar-refractivity contribution is -0.118. The standard InChI is InChI=1S/C12H17NO2S/c1-9-7-13(8-12(2,3)15-9)11(14)10-5-4-6-16-10/h4-6,9H,7-8H2,1-3H3. The number of rotatable bonds is 1. The van der Waals surface area contributed by atoms with Gasteiger partial charge in [-0.25, -0.2) is 0 Å². The van der Waals surface area contributed by atoms with Crippen LogP contribution >= 0.6 is 11.3 Å². The Hall–Kier alpha value is -0.870. The molecule has 2 rings (SSSR count). The third-order valence-corrected chi connectivity index (χ3v) is 3.45. The first-order valence-electron chi connectivity index (χ1n) is 5.48. The Morgan fingerprint density at radius 2 is 2.38 bits per heavy atom. The highest BCUT2D eigenvalue weighted by molar-refractivity contribution is 7.12. The molecule has 0 N–H and O–H groups in total. The molecule has 0 radical (unpaired) electrons. The SMILES string of the molecule is CC1CN(C(=O)c2cccs2)CC(C)(C)O1. The zero-order chi connectivity index (χ0) is 11.8. The molecule has 1 fully saturated rings. The number of ether oxygens (including phenoxy) is 1. The minimum atomic E-state index is -0.245. The maximum Gasteiger partial charge on any atom is 0.264 e. The third-order valence-electron chi connectivity index (χ3n) is 2.59. The van der Waals surface area contributed by atoms with Crippen LogP contribution in [0.5, 0.6) is 0 Å². The van der Waals surface area contributed by atoms with Gasteiger partial charge in [-0.3, -0.25) is 4.79 Å². The van der Waals surface area contributed by atoms with Gasteiger partial charge in [-0.05, 0) is 32.2 Å². The monoisotopic (exact) mass is 239 g/mol. The van der Waals surface area contributed by atoms with Gasteiger partial charge in [0.25, 0.3) is 5.91 Å². The average molecular weight is 239 g/mol. The van der Waals surface area contributed by atoms with Crippen molar-refractivity contribution in [2.45, 2.75) is 32.5 Å². The number of nitrogens with zero attached hydrogens (tertiary/aromatic N) is 1. The van der Waals surface area contributed by atoms with Crippen LogP contribution in [-0.4, -0.2) is 35.6 Å². The normalized spacial score (nSPS) is 24.4. The molecule has 1 aromatic heterocycles. The van der Waals surface area contributed by atoms with Crippen LogP contribution in [0.1, 0.15) is 30.4 Å². The van der Waals surface area contributed by atoms with E-state index in [2.05, 4.69) is 0 Å². The van der Waals surface area contributed by atoms with Crippen molar-refractivity contribution in [1.29, 1.82) is 0 Å². The molecule has 0 aromatic carbocycles. The summed E-state index contributed by atoms with van der Waals surface area (Å²) in [6, 6.07) is 3.78. The lowest BCUT2D eigenvalue weighted by Gasteiger charge is -2.41. The fraction of sp³-hybridized carbons (Fsp3) is 0.583. The minimum absolute atomic E-state index is 0.104. The molecular weight excluding hydrogens is 222 g/mol. The van der Waals surface area contributed by atoms with Gasteiger partial charge in [0, 0.05) is 13.1 Å². The van der Waals surface area contributed by atoms with Crippen LogP contribution in [0.25, 0.3) is 0 Å². The van der Waals surface area contributed by atoms with Crippen molar-refractivity contribution in [3.8, 4) is 0 Å². The first-order chi connectivity index (χ1) is 7.48. The van der Waals surface area contributed by atoms with Crippen LogP contribution < -0.4 is 0 Å². The molecule has 4 heteroatoms. The summed E-state index contributed by atoms with van der Waals surface area (Å²) in [6.07, 6.45) is 0.104. The van der Waals surface area contributed by atoms with Gasteiger partial charge in [0.2, 0.25) is 0 Å². The molecule has 1 saturated heterocycles. The van der Waals surface area contributed by atoms with Crippen LogP contribution in [0.15, 0.2) is 17.5 Å². The molecule has 1 aromatic rings. The Balaban J connectivity index is 2.12. The summed E-state index contributed by atoms with van der Waals surface area (Å²) < 4.78 is 5.78. The van der Waals surface area contributed by atoms with Crippen molar-refractivity contribution < 1.29 is 9.53 Å². The van der Waals surface area contributed by atoms with Gasteiger partial charge in [0.15, 0.2) is 0 Å². The molecule has 0 bridgehead atoms. The number of carbonyl (C=O) groups excluding carboxylic acids is 1. The second-order valence-corrected chi connectivity index (χ2v) is 5.80. The van der Waals surface area contributed by atoms with Gasteiger partial charge in [-0.15, -0.1) is 11.3 Å². The number of morpholine rings is 1.